The van der Waals surface area contributed by atoms with Gasteiger partial charge in [0.2, 0.25) is 0 Å². The van der Waals surface area contributed by atoms with Crippen LogP contribution in [0.25, 0.3) is 0 Å². The van der Waals surface area contributed by atoms with Gasteiger partial charge in [-0.15, -0.1) is 0 Å². The zero-order valence-corrected chi connectivity index (χ0v) is 10.1. The van der Waals surface area contributed by atoms with E-state index in [1.165, 1.54) is 25.3 Å². The van der Waals surface area contributed by atoms with E-state index in [0.29, 0.717) is 17.4 Å². The fraction of sp³-hybridized carbons (Fsp3) is 0.500. The molecule has 4 heteroatoms. The predicted molar refractivity (Wildman–Crippen MR) is 67.7 cm³/mol. The van der Waals surface area contributed by atoms with Gasteiger partial charge in [0, 0.05) is 5.69 Å². The fourth-order valence-corrected chi connectivity index (χ4v) is 3.31. The minimum absolute atomic E-state index is 0.165. The third-order valence-corrected chi connectivity index (χ3v) is 4.19. The average molecular weight is 247 g/mol. The number of ether oxygens (including phenoxy) is 1. The summed E-state index contributed by atoms with van der Waals surface area (Å²) < 4.78 is 5.92. The second kappa shape index (κ2) is 4.19. The molecule has 2 bridgehead atoms. The summed E-state index contributed by atoms with van der Waals surface area (Å²) >= 11 is 0. The first-order valence-electron chi connectivity index (χ1n) is 6.43. The molecule has 3 atom stereocenters. The van der Waals surface area contributed by atoms with Gasteiger partial charge in [-0.3, -0.25) is 0 Å². The third-order valence-electron chi connectivity index (χ3n) is 4.19. The number of fused-ring (bicyclic) bond motifs is 2. The predicted octanol–water partition coefficient (Wildman–Crippen LogP) is 2.53. The molecule has 1 aromatic rings. The smallest absolute Gasteiger partial charge is 0.339 e. The lowest BCUT2D eigenvalue weighted by molar-refractivity contribution is 0.0684. The van der Waals surface area contributed by atoms with E-state index in [4.69, 9.17) is 15.6 Å². The van der Waals surface area contributed by atoms with Crippen molar-refractivity contribution in [1.29, 1.82) is 0 Å². The van der Waals surface area contributed by atoms with E-state index < -0.39 is 5.97 Å². The summed E-state index contributed by atoms with van der Waals surface area (Å²) in [6, 6.07) is 4.82. The molecule has 1 aromatic carbocycles. The molecule has 0 radical (unpaired) electrons. The molecule has 2 aliphatic carbocycles. The molecule has 3 N–H and O–H groups in total. The Morgan fingerprint density at radius 1 is 1.33 bits per heavy atom. The van der Waals surface area contributed by atoms with Gasteiger partial charge in [0.05, 0.1) is 0 Å². The maximum atomic E-state index is 11.2. The van der Waals surface area contributed by atoms with E-state index in [1.807, 2.05) is 0 Å². The number of carbonyl (C=O) groups is 1. The van der Waals surface area contributed by atoms with Crippen LogP contribution in [0.15, 0.2) is 18.2 Å². The lowest BCUT2D eigenvalue weighted by Crippen LogP contribution is -2.24. The molecular formula is C14H17NO3. The number of nitrogen functional groups attached to an aromatic ring is 1. The molecule has 0 aromatic heterocycles. The van der Waals surface area contributed by atoms with Crippen molar-refractivity contribution in [2.45, 2.75) is 31.8 Å². The van der Waals surface area contributed by atoms with Crippen LogP contribution in [0.3, 0.4) is 0 Å². The lowest BCUT2D eigenvalue weighted by Gasteiger charge is -2.24. The number of rotatable bonds is 3. The van der Waals surface area contributed by atoms with Crippen molar-refractivity contribution in [3.05, 3.63) is 23.8 Å². The third kappa shape index (κ3) is 1.92. The van der Waals surface area contributed by atoms with E-state index in [-0.39, 0.29) is 11.7 Å². The Kier molecular flexibility index (Phi) is 2.65. The van der Waals surface area contributed by atoms with Crippen molar-refractivity contribution < 1.29 is 14.6 Å². The minimum Gasteiger partial charge on any atom is -0.489 e. The van der Waals surface area contributed by atoms with Crippen molar-refractivity contribution in [2.24, 2.45) is 11.8 Å². The van der Waals surface area contributed by atoms with E-state index >= 15 is 0 Å². The largest absolute Gasteiger partial charge is 0.489 e. The van der Waals surface area contributed by atoms with Crippen LogP contribution in [0, 0.1) is 11.8 Å². The molecule has 0 saturated heterocycles. The molecule has 0 aliphatic heterocycles. The summed E-state index contributed by atoms with van der Waals surface area (Å²) in [7, 11) is 0. The van der Waals surface area contributed by atoms with Crippen molar-refractivity contribution in [3.63, 3.8) is 0 Å². The summed E-state index contributed by atoms with van der Waals surface area (Å²) in [6.45, 7) is 0. The van der Waals surface area contributed by atoms with Crippen LogP contribution in [0.4, 0.5) is 5.69 Å². The number of nitrogens with two attached hydrogens (primary N) is 1. The summed E-state index contributed by atoms with van der Waals surface area (Å²) in [5.74, 6) is 0.853. The van der Waals surface area contributed by atoms with E-state index in [0.717, 1.165) is 12.3 Å². The first-order valence-corrected chi connectivity index (χ1v) is 6.43. The van der Waals surface area contributed by atoms with Crippen LogP contribution in [0.2, 0.25) is 0 Å². The molecule has 4 nitrogen and oxygen atoms in total. The molecule has 3 unspecified atom stereocenters. The Bertz CT molecular complexity index is 486. The quantitative estimate of drug-likeness (QED) is 0.805. The first kappa shape index (κ1) is 11.4. The molecule has 2 aliphatic rings. The number of hydrogen-bond donors (Lipinski definition) is 2. The number of carboxylic acids is 1. The number of benzene rings is 1. The van der Waals surface area contributed by atoms with Gasteiger partial charge in [-0.25, -0.2) is 4.79 Å². The Morgan fingerprint density at radius 3 is 2.78 bits per heavy atom. The highest BCUT2D eigenvalue weighted by Gasteiger charge is 2.41. The highest BCUT2D eigenvalue weighted by atomic mass is 16.5. The van der Waals surface area contributed by atoms with Crippen molar-refractivity contribution in [3.8, 4) is 5.75 Å². The van der Waals surface area contributed by atoms with Gasteiger partial charge in [0.1, 0.15) is 17.4 Å². The number of aromatic carboxylic acids is 1. The maximum Gasteiger partial charge on any atom is 0.339 e. The van der Waals surface area contributed by atoms with Gasteiger partial charge in [-0.2, -0.15) is 0 Å². The topological polar surface area (TPSA) is 72.5 Å². The van der Waals surface area contributed by atoms with E-state index in [2.05, 4.69) is 0 Å². The fourth-order valence-electron chi connectivity index (χ4n) is 3.31. The van der Waals surface area contributed by atoms with Gasteiger partial charge in [-0.1, -0.05) is 0 Å². The highest BCUT2D eigenvalue weighted by Crippen LogP contribution is 2.46. The Morgan fingerprint density at radius 2 is 2.17 bits per heavy atom. The number of hydrogen-bond acceptors (Lipinski definition) is 3. The second-order valence-electron chi connectivity index (χ2n) is 5.39. The Balaban J connectivity index is 1.82. The lowest BCUT2D eigenvalue weighted by atomic mass is 9.97. The van der Waals surface area contributed by atoms with Gasteiger partial charge < -0.3 is 15.6 Å². The summed E-state index contributed by atoms with van der Waals surface area (Å²) in [5.41, 5.74) is 6.23. The van der Waals surface area contributed by atoms with Crippen LogP contribution in [0.5, 0.6) is 5.75 Å². The Hall–Kier alpha value is -1.71. The standard InChI is InChI=1S/C14H17NO3/c15-10-3-4-12(11(7-10)14(16)17)18-13-6-8-1-2-9(13)5-8/h3-4,7-9,13H,1-2,5-6,15H2,(H,16,17). The zero-order chi connectivity index (χ0) is 12.7. The molecule has 2 saturated carbocycles. The zero-order valence-electron chi connectivity index (χ0n) is 10.1. The first-order chi connectivity index (χ1) is 8.63. The summed E-state index contributed by atoms with van der Waals surface area (Å²) in [4.78, 5) is 11.2. The minimum atomic E-state index is -0.986. The molecule has 96 valence electrons. The van der Waals surface area contributed by atoms with Gasteiger partial charge >= 0.3 is 5.97 Å². The molecule has 3 rings (SSSR count). The van der Waals surface area contributed by atoms with Crippen molar-refractivity contribution in [2.75, 3.05) is 5.73 Å². The second-order valence-corrected chi connectivity index (χ2v) is 5.39. The van der Waals surface area contributed by atoms with Gasteiger partial charge in [0.25, 0.3) is 0 Å². The molecule has 18 heavy (non-hydrogen) atoms. The summed E-state index contributed by atoms with van der Waals surface area (Å²) in [6.07, 6.45) is 5.01. The monoisotopic (exact) mass is 247 g/mol. The molecular weight excluding hydrogens is 230 g/mol. The van der Waals surface area contributed by atoms with Crippen LogP contribution >= 0.6 is 0 Å². The van der Waals surface area contributed by atoms with E-state index in [1.54, 1.807) is 12.1 Å². The molecule has 0 heterocycles. The summed E-state index contributed by atoms with van der Waals surface area (Å²) in [5, 5.41) is 9.16. The highest BCUT2D eigenvalue weighted by molar-refractivity contribution is 5.92. The van der Waals surface area contributed by atoms with Crippen LogP contribution < -0.4 is 10.5 Å². The normalized spacial score (nSPS) is 29.4. The molecule has 0 amide bonds. The van der Waals surface area contributed by atoms with E-state index in [9.17, 15) is 4.79 Å². The Labute approximate surface area is 106 Å². The number of carboxylic acid groups (broad SMARTS) is 1. The van der Waals surface area contributed by atoms with Crippen LogP contribution in [-0.4, -0.2) is 17.2 Å². The SMILES string of the molecule is Nc1ccc(OC2CC3CCC2C3)c(C(=O)O)c1. The average Bonchev–Trinajstić information content (AvgIpc) is 2.93. The van der Waals surface area contributed by atoms with Crippen LogP contribution in [0.1, 0.15) is 36.0 Å². The van der Waals surface area contributed by atoms with Crippen LogP contribution in [-0.2, 0) is 0 Å². The molecule has 2 fully saturated rings. The van der Waals surface area contributed by atoms with Gasteiger partial charge in [0.15, 0.2) is 0 Å². The number of anilines is 1. The van der Waals surface area contributed by atoms with Crippen molar-refractivity contribution in [1.82, 2.24) is 0 Å². The molecule has 0 spiro atoms. The maximum absolute atomic E-state index is 11.2. The van der Waals surface area contributed by atoms with Gasteiger partial charge in [-0.05, 0) is 55.7 Å². The van der Waals surface area contributed by atoms with Crippen molar-refractivity contribution >= 4 is 11.7 Å².